The molecule has 108 valence electrons. The van der Waals surface area contributed by atoms with Crippen LogP contribution in [0.25, 0.3) is 0 Å². The van der Waals surface area contributed by atoms with Gasteiger partial charge in [0.05, 0.1) is 0 Å². The Hall–Kier alpha value is -2.14. The average molecular weight is 301 g/mol. The number of anilines is 1. The minimum Gasteiger partial charge on any atom is -0.486 e. The molecule has 0 radical (unpaired) electrons. The van der Waals surface area contributed by atoms with Crippen molar-refractivity contribution in [2.45, 2.75) is 11.8 Å². The standard InChI is InChI=1S/C16H15NO3S/c1-10-2-4-12(21)9-13(10)16(18)17-11-3-5-14-15(8-11)20-7-6-19-14/h2-5,8-9,21H,6-7H2,1H3,(H,17,18). The first-order chi connectivity index (χ1) is 10.1. The van der Waals surface area contributed by atoms with Crippen LogP contribution in [-0.4, -0.2) is 19.1 Å². The minimum absolute atomic E-state index is 0.167. The summed E-state index contributed by atoms with van der Waals surface area (Å²) in [5, 5.41) is 2.87. The largest absolute Gasteiger partial charge is 0.486 e. The van der Waals surface area contributed by atoms with E-state index < -0.39 is 0 Å². The topological polar surface area (TPSA) is 47.6 Å². The van der Waals surface area contributed by atoms with Gasteiger partial charge >= 0.3 is 0 Å². The van der Waals surface area contributed by atoms with E-state index in [0.717, 1.165) is 10.5 Å². The number of thiol groups is 1. The molecule has 0 spiro atoms. The van der Waals surface area contributed by atoms with Crippen molar-refractivity contribution in [1.82, 2.24) is 0 Å². The smallest absolute Gasteiger partial charge is 0.255 e. The van der Waals surface area contributed by atoms with Crippen molar-refractivity contribution in [3.63, 3.8) is 0 Å². The molecule has 2 aromatic carbocycles. The van der Waals surface area contributed by atoms with Crippen molar-refractivity contribution in [2.24, 2.45) is 0 Å². The molecule has 0 saturated carbocycles. The third kappa shape index (κ3) is 2.97. The first kappa shape index (κ1) is 13.8. The lowest BCUT2D eigenvalue weighted by atomic mass is 10.1. The van der Waals surface area contributed by atoms with E-state index >= 15 is 0 Å². The summed E-state index contributed by atoms with van der Waals surface area (Å²) in [5.41, 5.74) is 2.19. The van der Waals surface area contributed by atoms with E-state index in [1.807, 2.05) is 19.1 Å². The highest BCUT2D eigenvalue weighted by Crippen LogP contribution is 2.32. The Kier molecular flexibility index (Phi) is 3.75. The van der Waals surface area contributed by atoms with Crippen LogP contribution in [0.1, 0.15) is 15.9 Å². The molecule has 0 aromatic heterocycles. The molecule has 3 rings (SSSR count). The molecule has 0 unspecified atom stereocenters. The highest BCUT2D eigenvalue weighted by atomic mass is 32.1. The molecule has 0 bridgehead atoms. The van der Waals surface area contributed by atoms with Crippen LogP contribution in [0, 0.1) is 6.92 Å². The van der Waals surface area contributed by atoms with Crippen LogP contribution in [0.4, 0.5) is 5.69 Å². The summed E-state index contributed by atoms with van der Waals surface area (Å²) in [6.07, 6.45) is 0. The first-order valence-corrected chi connectivity index (χ1v) is 7.09. The third-order valence-electron chi connectivity index (χ3n) is 3.27. The molecule has 21 heavy (non-hydrogen) atoms. The molecule has 4 nitrogen and oxygen atoms in total. The van der Waals surface area contributed by atoms with Crippen molar-refractivity contribution in [3.8, 4) is 11.5 Å². The summed E-state index contributed by atoms with van der Waals surface area (Å²) in [6.45, 7) is 2.96. The van der Waals surface area contributed by atoms with Gasteiger partial charge in [-0.2, -0.15) is 0 Å². The summed E-state index contributed by atoms with van der Waals surface area (Å²) in [7, 11) is 0. The number of rotatable bonds is 2. The van der Waals surface area contributed by atoms with Gasteiger partial charge in [-0.15, -0.1) is 12.6 Å². The summed E-state index contributed by atoms with van der Waals surface area (Å²) in [4.78, 5) is 13.1. The van der Waals surface area contributed by atoms with Crippen LogP contribution in [0.3, 0.4) is 0 Å². The van der Waals surface area contributed by atoms with Crippen LogP contribution in [0.2, 0.25) is 0 Å². The predicted molar refractivity (Wildman–Crippen MR) is 83.8 cm³/mol. The second-order valence-electron chi connectivity index (χ2n) is 4.81. The number of ether oxygens (including phenoxy) is 2. The van der Waals surface area contributed by atoms with Gasteiger partial charge < -0.3 is 14.8 Å². The molecule has 1 N–H and O–H groups in total. The Bertz CT molecular complexity index is 700. The van der Waals surface area contributed by atoms with Gasteiger partial charge in [-0.05, 0) is 36.8 Å². The molecule has 5 heteroatoms. The van der Waals surface area contributed by atoms with E-state index in [9.17, 15) is 4.79 Å². The van der Waals surface area contributed by atoms with Gasteiger partial charge in [0, 0.05) is 22.2 Å². The minimum atomic E-state index is -0.167. The van der Waals surface area contributed by atoms with Crippen molar-refractivity contribution < 1.29 is 14.3 Å². The molecule has 0 aliphatic carbocycles. The van der Waals surface area contributed by atoms with Crippen molar-refractivity contribution in [2.75, 3.05) is 18.5 Å². The van der Waals surface area contributed by atoms with E-state index in [-0.39, 0.29) is 5.91 Å². The number of aryl methyl sites for hydroxylation is 1. The monoisotopic (exact) mass is 301 g/mol. The van der Waals surface area contributed by atoms with Gasteiger partial charge in [0.25, 0.3) is 5.91 Å². The number of benzene rings is 2. The van der Waals surface area contributed by atoms with Crippen LogP contribution >= 0.6 is 12.6 Å². The number of carbonyl (C=O) groups is 1. The molecular formula is C16H15NO3S. The third-order valence-corrected chi connectivity index (χ3v) is 3.54. The van der Waals surface area contributed by atoms with Gasteiger partial charge in [-0.3, -0.25) is 4.79 Å². The van der Waals surface area contributed by atoms with Crippen molar-refractivity contribution in [1.29, 1.82) is 0 Å². The maximum Gasteiger partial charge on any atom is 0.255 e. The SMILES string of the molecule is Cc1ccc(S)cc1C(=O)Nc1ccc2c(c1)OCCO2. The Morgan fingerprint density at radius 3 is 2.67 bits per heavy atom. The highest BCUT2D eigenvalue weighted by molar-refractivity contribution is 7.80. The number of amides is 1. The molecule has 1 aliphatic rings. The fourth-order valence-corrected chi connectivity index (χ4v) is 2.38. The number of hydrogen-bond acceptors (Lipinski definition) is 4. The summed E-state index contributed by atoms with van der Waals surface area (Å²) in [6, 6.07) is 10.9. The van der Waals surface area contributed by atoms with E-state index in [1.165, 1.54) is 0 Å². The molecule has 1 aliphatic heterocycles. The van der Waals surface area contributed by atoms with Crippen molar-refractivity contribution >= 4 is 24.2 Å². The Labute approximate surface area is 128 Å². The van der Waals surface area contributed by atoms with Gasteiger partial charge in [0.15, 0.2) is 11.5 Å². The Balaban J connectivity index is 1.83. The number of hydrogen-bond donors (Lipinski definition) is 2. The normalized spacial score (nSPS) is 12.9. The maximum absolute atomic E-state index is 12.3. The lowest BCUT2D eigenvalue weighted by Crippen LogP contribution is -2.17. The molecule has 1 heterocycles. The molecule has 1 amide bonds. The Morgan fingerprint density at radius 2 is 1.86 bits per heavy atom. The summed E-state index contributed by atoms with van der Waals surface area (Å²) < 4.78 is 11.0. The van der Waals surface area contributed by atoms with Crippen LogP contribution in [-0.2, 0) is 0 Å². The zero-order valence-corrected chi connectivity index (χ0v) is 12.4. The molecule has 0 atom stereocenters. The molecule has 0 fully saturated rings. The van der Waals surface area contributed by atoms with Crippen molar-refractivity contribution in [3.05, 3.63) is 47.5 Å². The highest BCUT2D eigenvalue weighted by Gasteiger charge is 2.14. The van der Waals surface area contributed by atoms with E-state index in [4.69, 9.17) is 9.47 Å². The average Bonchev–Trinajstić information content (AvgIpc) is 2.49. The first-order valence-electron chi connectivity index (χ1n) is 6.64. The number of fused-ring (bicyclic) bond motifs is 1. The predicted octanol–water partition coefficient (Wildman–Crippen LogP) is 3.31. The van der Waals surface area contributed by atoms with Gasteiger partial charge in [0.1, 0.15) is 13.2 Å². The molecule has 2 aromatic rings. The lowest BCUT2D eigenvalue weighted by Gasteiger charge is -2.19. The fraction of sp³-hybridized carbons (Fsp3) is 0.188. The Morgan fingerprint density at radius 1 is 1.10 bits per heavy atom. The van der Waals surface area contributed by atoms with Crippen LogP contribution in [0.15, 0.2) is 41.3 Å². The second kappa shape index (κ2) is 5.69. The zero-order valence-electron chi connectivity index (χ0n) is 11.6. The molecule has 0 saturated heterocycles. The second-order valence-corrected chi connectivity index (χ2v) is 5.33. The van der Waals surface area contributed by atoms with E-state index in [0.29, 0.717) is 36.0 Å². The van der Waals surface area contributed by atoms with Crippen LogP contribution in [0.5, 0.6) is 11.5 Å². The van der Waals surface area contributed by atoms with Crippen LogP contribution < -0.4 is 14.8 Å². The molecular weight excluding hydrogens is 286 g/mol. The lowest BCUT2D eigenvalue weighted by molar-refractivity contribution is 0.102. The fourth-order valence-electron chi connectivity index (χ4n) is 2.17. The zero-order chi connectivity index (χ0) is 14.8. The summed E-state index contributed by atoms with van der Waals surface area (Å²) in [5.74, 6) is 1.19. The van der Waals surface area contributed by atoms with Gasteiger partial charge in [0.2, 0.25) is 0 Å². The number of nitrogens with one attached hydrogen (secondary N) is 1. The van der Waals surface area contributed by atoms with Gasteiger partial charge in [-0.1, -0.05) is 6.07 Å². The van der Waals surface area contributed by atoms with E-state index in [1.54, 1.807) is 24.3 Å². The maximum atomic E-state index is 12.3. The quantitative estimate of drug-likeness (QED) is 0.837. The summed E-state index contributed by atoms with van der Waals surface area (Å²) >= 11 is 4.27. The number of carbonyl (C=O) groups excluding carboxylic acids is 1. The van der Waals surface area contributed by atoms with Gasteiger partial charge in [-0.25, -0.2) is 0 Å². The van der Waals surface area contributed by atoms with E-state index in [2.05, 4.69) is 17.9 Å².